The van der Waals surface area contributed by atoms with E-state index in [1.165, 1.54) is 5.56 Å². The lowest BCUT2D eigenvalue weighted by atomic mass is 9.92. The SMILES string of the molecule is C1=CCC(c2ccc(-c3nc4cc(-n5c6ccccc6c6ccc7c8ccccc8n(-c8nc(-c9ccccc9)nc(-c9cccc(-c%10ccccc%10)c9)n8)c7c65)ccc4o3)cc2)C=C1. The molecule has 0 aliphatic heterocycles. The minimum absolute atomic E-state index is 0.381. The van der Waals surface area contributed by atoms with Crippen LogP contribution in [0.5, 0.6) is 0 Å². The lowest BCUT2D eigenvalue weighted by molar-refractivity contribution is 0.619. The van der Waals surface area contributed by atoms with Crippen molar-refractivity contribution in [1.82, 2.24) is 29.1 Å². The molecule has 0 fully saturated rings. The third-order valence-corrected chi connectivity index (χ3v) is 12.7. The van der Waals surface area contributed by atoms with Crippen LogP contribution >= 0.6 is 0 Å². The standard InChI is InChI=1S/C58H38N6O/c1-4-15-37(16-5-1)39-27-29-41(30-28-39)57-59-49-36-44(31-34-52(49)65-57)63-50-25-12-10-23-45(50)47-32-33-48-46-24-11-13-26-51(46)64(54(48)53(47)63)58-61-55(40-19-8-3-9-20-40)60-56(62-58)43-22-14-21-42(35-43)38-17-6-2-7-18-38/h1-15,17-37H,16H2. The summed E-state index contributed by atoms with van der Waals surface area (Å²) >= 11 is 0. The zero-order chi connectivity index (χ0) is 42.8. The fraction of sp³-hybridized carbons (Fsp3) is 0.0345. The number of aromatic nitrogens is 6. The summed E-state index contributed by atoms with van der Waals surface area (Å²) < 4.78 is 11.0. The molecule has 7 heteroatoms. The van der Waals surface area contributed by atoms with E-state index in [-0.39, 0.29) is 0 Å². The molecule has 1 aliphatic rings. The first-order valence-electron chi connectivity index (χ1n) is 22.0. The van der Waals surface area contributed by atoms with Gasteiger partial charge in [-0.2, -0.15) is 9.97 Å². The molecule has 13 rings (SSSR count). The monoisotopic (exact) mass is 834 g/mol. The molecule has 12 aromatic rings. The summed E-state index contributed by atoms with van der Waals surface area (Å²) in [5, 5.41) is 4.47. The van der Waals surface area contributed by atoms with E-state index in [1.54, 1.807) is 0 Å². The van der Waals surface area contributed by atoms with E-state index in [0.717, 1.165) is 94.6 Å². The Balaban J connectivity index is 1.04. The molecule has 1 unspecified atom stereocenters. The van der Waals surface area contributed by atoms with Crippen molar-refractivity contribution in [3.05, 3.63) is 218 Å². The third kappa shape index (κ3) is 6.20. The Hall–Kier alpha value is -8.68. The Kier molecular flexibility index (Phi) is 8.52. The summed E-state index contributed by atoms with van der Waals surface area (Å²) in [5.41, 5.74) is 12.9. The summed E-state index contributed by atoms with van der Waals surface area (Å²) in [5.74, 6) is 2.70. The lowest BCUT2D eigenvalue weighted by Crippen LogP contribution is -2.07. The number of allylic oxidation sites excluding steroid dienone is 4. The number of rotatable bonds is 7. The van der Waals surface area contributed by atoms with Gasteiger partial charge in [0, 0.05) is 49.8 Å². The Bertz CT molecular complexity index is 3860. The van der Waals surface area contributed by atoms with Gasteiger partial charge in [0.2, 0.25) is 11.8 Å². The van der Waals surface area contributed by atoms with Gasteiger partial charge < -0.3 is 8.98 Å². The van der Waals surface area contributed by atoms with Crippen LogP contribution in [0.4, 0.5) is 0 Å². The van der Waals surface area contributed by atoms with Gasteiger partial charge in [-0.15, -0.1) is 0 Å². The molecule has 1 aliphatic carbocycles. The Morgan fingerprint density at radius 2 is 1.08 bits per heavy atom. The lowest BCUT2D eigenvalue weighted by Gasteiger charge is -2.13. The molecule has 0 saturated carbocycles. The highest BCUT2D eigenvalue weighted by molar-refractivity contribution is 6.23. The van der Waals surface area contributed by atoms with Gasteiger partial charge in [0.1, 0.15) is 5.52 Å². The predicted octanol–water partition coefficient (Wildman–Crippen LogP) is 14.5. The van der Waals surface area contributed by atoms with Crippen molar-refractivity contribution in [3.63, 3.8) is 0 Å². The minimum atomic E-state index is 0.381. The first kappa shape index (κ1) is 36.9. The Morgan fingerprint density at radius 3 is 1.80 bits per heavy atom. The summed E-state index contributed by atoms with van der Waals surface area (Å²) in [6.07, 6.45) is 9.72. The molecule has 1 atom stereocenters. The summed E-state index contributed by atoms with van der Waals surface area (Å²) in [7, 11) is 0. The minimum Gasteiger partial charge on any atom is -0.436 e. The second-order valence-electron chi connectivity index (χ2n) is 16.6. The van der Waals surface area contributed by atoms with Crippen molar-refractivity contribution in [2.24, 2.45) is 0 Å². The maximum absolute atomic E-state index is 6.43. The highest BCUT2D eigenvalue weighted by Gasteiger charge is 2.24. The van der Waals surface area contributed by atoms with Gasteiger partial charge in [-0.1, -0.05) is 164 Å². The van der Waals surface area contributed by atoms with Crippen molar-refractivity contribution in [2.45, 2.75) is 12.3 Å². The highest BCUT2D eigenvalue weighted by atomic mass is 16.3. The smallest absolute Gasteiger partial charge is 0.238 e. The number of hydrogen-bond donors (Lipinski definition) is 0. The Morgan fingerprint density at radius 1 is 0.446 bits per heavy atom. The number of benzene rings is 8. The number of nitrogens with zero attached hydrogens (tertiary/aromatic N) is 6. The van der Waals surface area contributed by atoms with Crippen LogP contribution in [0.2, 0.25) is 0 Å². The van der Waals surface area contributed by atoms with Gasteiger partial charge in [-0.05, 0) is 71.6 Å². The van der Waals surface area contributed by atoms with E-state index in [4.69, 9.17) is 24.4 Å². The van der Waals surface area contributed by atoms with E-state index in [0.29, 0.717) is 29.4 Å². The summed E-state index contributed by atoms with van der Waals surface area (Å²) in [6, 6.07) is 65.6. The summed E-state index contributed by atoms with van der Waals surface area (Å²) in [6.45, 7) is 0. The zero-order valence-electron chi connectivity index (χ0n) is 35.1. The first-order valence-corrected chi connectivity index (χ1v) is 22.0. The van der Waals surface area contributed by atoms with Crippen LogP contribution < -0.4 is 0 Å². The quantitative estimate of drug-likeness (QED) is 0.160. The molecule has 0 radical (unpaired) electrons. The molecule has 8 aromatic carbocycles. The van der Waals surface area contributed by atoms with Crippen molar-refractivity contribution >= 4 is 54.7 Å². The van der Waals surface area contributed by atoms with Crippen LogP contribution in [0.3, 0.4) is 0 Å². The maximum Gasteiger partial charge on any atom is 0.238 e. The Labute approximate surface area is 373 Å². The normalized spacial score (nSPS) is 13.8. The molecule has 0 bridgehead atoms. The maximum atomic E-state index is 6.43. The van der Waals surface area contributed by atoms with Gasteiger partial charge in [0.15, 0.2) is 17.2 Å². The highest BCUT2D eigenvalue weighted by Crippen LogP contribution is 2.42. The predicted molar refractivity (Wildman–Crippen MR) is 263 cm³/mol. The number of fused-ring (bicyclic) bond motifs is 8. The van der Waals surface area contributed by atoms with E-state index >= 15 is 0 Å². The van der Waals surface area contributed by atoms with E-state index in [9.17, 15) is 0 Å². The zero-order valence-corrected chi connectivity index (χ0v) is 35.1. The topological polar surface area (TPSA) is 74.6 Å². The fourth-order valence-corrected chi connectivity index (χ4v) is 9.63. The molecular weight excluding hydrogens is 797 g/mol. The molecule has 0 N–H and O–H groups in total. The van der Waals surface area contributed by atoms with Crippen LogP contribution in [0.25, 0.3) is 112 Å². The average molecular weight is 835 g/mol. The van der Waals surface area contributed by atoms with E-state index < -0.39 is 0 Å². The second-order valence-corrected chi connectivity index (χ2v) is 16.6. The molecule has 0 saturated heterocycles. The first-order chi connectivity index (χ1) is 32.2. The van der Waals surface area contributed by atoms with Crippen LogP contribution in [0.1, 0.15) is 17.9 Å². The number of oxazole rings is 1. The third-order valence-electron chi connectivity index (χ3n) is 12.7. The molecule has 4 heterocycles. The molecule has 306 valence electrons. The van der Waals surface area contributed by atoms with Gasteiger partial charge in [0.25, 0.3) is 0 Å². The van der Waals surface area contributed by atoms with E-state index in [2.05, 4.69) is 191 Å². The van der Waals surface area contributed by atoms with Crippen LogP contribution in [-0.2, 0) is 0 Å². The van der Waals surface area contributed by atoms with Gasteiger partial charge >= 0.3 is 0 Å². The van der Waals surface area contributed by atoms with Crippen LogP contribution in [-0.4, -0.2) is 29.1 Å². The number of para-hydroxylation sites is 2. The summed E-state index contributed by atoms with van der Waals surface area (Å²) in [4.78, 5) is 20.9. The average Bonchev–Trinajstić information content (AvgIpc) is 4.07. The molecule has 0 spiro atoms. The van der Waals surface area contributed by atoms with Gasteiger partial charge in [-0.3, -0.25) is 4.57 Å². The van der Waals surface area contributed by atoms with E-state index in [1.807, 2.05) is 30.3 Å². The molecule has 65 heavy (non-hydrogen) atoms. The van der Waals surface area contributed by atoms with Crippen molar-refractivity contribution < 1.29 is 4.42 Å². The molecule has 7 nitrogen and oxygen atoms in total. The van der Waals surface area contributed by atoms with Crippen molar-refractivity contribution in [2.75, 3.05) is 0 Å². The molecule has 4 aromatic heterocycles. The van der Waals surface area contributed by atoms with Crippen LogP contribution in [0, 0.1) is 0 Å². The molecular formula is C58H38N6O. The van der Waals surface area contributed by atoms with Gasteiger partial charge in [0.05, 0.1) is 22.1 Å². The van der Waals surface area contributed by atoms with Crippen molar-refractivity contribution in [1.29, 1.82) is 0 Å². The second kappa shape index (κ2) is 15.0. The van der Waals surface area contributed by atoms with Gasteiger partial charge in [-0.25, -0.2) is 9.97 Å². The number of hydrogen-bond acceptors (Lipinski definition) is 5. The molecule has 0 amide bonds. The van der Waals surface area contributed by atoms with Crippen molar-refractivity contribution in [3.8, 4) is 57.0 Å². The van der Waals surface area contributed by atoms with Crippen LogP contribution in [0.15, 0.2) is 217 Å². The largest absolute Gasteiger partial charge is 0.436 e. The fourth-order valence-electron chi connectivity index (χ4n) is 9.63.